The van der Waals surface area contributed by atoms with Crippen molar-refractivity contribution in [2.75, 3.05) is 12.4 Å². The maximum Gasteiger partial charge on any atom is 0.264 e. The predicted molar refractivity (Wildman–Crippen MR) is 98.4 cm³/mol. The van der Waals surface area contributed by atoms with Gasteiger partial charge in [0.05, 0.1) is 17.3 Å². The number of ether oxygens (including phenoxy) is 1. The first-order valence-corrected chi connectivity index (χ1v) is 9.04. The number of anilines is 1. The van der Waals surface area contributed by atoms with E-state index in [2.05, 4.69) is 20.4 Å². The van der Waals surface area contributed by atoms with Gasteiger partial charge in [0.15, 0.2) is 5.13 Å². The van der Waals surface area contributed by atoms with Crippen LogP contribution in [0.5, 0.6) is 5.88 Å². The number of carbonyl (C=O) groups excluding carboxylic acids is 1. The molecule has 4 rings (SSSR count). The minimum atomic E-state index is -0.310. The summed E-state index contributed by atoms with van der Waals surface area (Å²) in [6, 6.07) is 7.94. The summed E-state index contributed by atoms with van der Waals surface area (Å²) in [7, 11) is 3.21. The lowest BCUT2D eigenvalue weighted by molar-refractivity contribution is 0.102. The van der Waals surface area contributed by atoms with Gasteiger partial charge >= 0.3 is 0 Å². The van der Waals surface area contributed by atoms with Gasteiger partial charge in [0.2, 0.25) is 5.88 Å². The number of nitrogens with zero attached hydrogens (tertiary/aromatic N) is 4. The van der Waals surface area contributed by atoms with Gasteiger partial charge in [0, 0.05) is 18.6 Å². The molecule has 0 bridgehead atoms. The molecule has 0 fully saturated rings. The van der Waals surface area contributed by atoms with Gasteiger partial charge < -0.3 is 4.74 Å². The Morgan fingerprint density at radius 2 is 2.12 bits per heavy atom. The molecule has 3 heterocycles. The summed E-state index contributed by atoms with van der Waals surface area (Å²) in [6.45, 7) is 0. The summed E-state index contributed by atoms with van der Waals surface area (Å²) in [5, 5.41) is 10.1. The van der Waals surface area contributed by atoms with Crippen LogP contribution in [0.1, 0.15) is 10.4 Å². The van der Waals surface area contributed by atoms with Gasteiger partial charge in [-0.3, -0.25) is 14.8 Å². The molecule has 1 N–H and O–H groups in total. The number of para-hydroxylation sites is 1. The SMILES string of the molecule is COc1nn(C)cc1C(=O)Nc1nc(-c2nc3ccccc3s2)cs1. The number of rotatable bonds is 4. The molecule has 0 unspecified atom stereocenters. The van der Waals surface area contributed by atoms with E-state index in [0.29, 0.717) is 10.7 Å². The number of amides is 1. The number of benzene rings is 1. The van der Waals surface area contributed by atoms with Crippen molar-refractivity contribution in [3.63, 3.8) is 0 Å². The van der Waals surface area contributed by atoms with Crippen molar-refractivity contribution in [3.8, 4) is 16.6 Å². The largest absolute Gasteiger partial charge is 0.479 e. The number of aromatic nitrogens is 4. The molecule has 9 heteroatoms. The summed E-state index contributed by atoms with van der Waals surface area (Å²) < 4.78 is 7.75. The molecule has 3 aromatic heterocycles. The molecule has 0 atom stereocenters. The van der Waals surface area contributed by atoms with Crippen LogP contribution in [0.2, 0.25) is 0 Å². The first-order valence-electron chi connectivity index (χ1n) is 7.34. The van der Waals surface area contributed by atoms with Gasteiger partial charge in [0.25, 0.3) is 5.91 Å². The van der Waals surface area contributed by atoms with Gasteiger partial charge in [-0.25, -0.2) is 9.97 Å². The lowest BCUT2D eigenvalue weighted by Crippen LogP contribution is -2.12. The van der Waals surface area contributed by atoms with Crippen LogP contribution in [-0.4, -0.2) is 32.8 Å². The van der Waals surface area contributed by atoms with Crippen LogP contribution >= 0.6 is 22.7 Å². The second kappa shape index (κ2) is 6.26. The Bertz CT molecular complexity index is 1030. The minimum absolute atomic E-state index is 0.281. The van der Waals surface area contributed by atoms with E-state index in [9.17, 15) is 4.79 Å². The van der Waals surface area contributed by atoms with Crippen LogP contribution in [0.4, 0.5) is 5.13 Å². The lowest BCUT2D eigenvalue weighted by atomic mass is 10.3. The van der Waals surface area contributed by atoms with E-state index in [-0.39, 0.29) is 11.8 Å². The van der Waals surface area contributed by atoms with Crippen molar-refractivity contribution in [1.29, 1.82) is 0 Å². The van der Waals surface area contributed by atoms with E-state index in [1.807, 2.05) is 29.6 Å². The molecule has 0 aliphatic carbocycles. The van der Waals surface area contributed by atoms with Crippen molar-refractivity contribution in [2.24, 2.45) is 7.05 Å². The number of methoxy groups -OCH3 is 1. The third kappa shape index (κ3) is 2.99. The smallest absolute Gasteiger partial charge is 0.264 e. The van der Waals surface area contributed by atoms with Gasteiger partial charge in [0.1, 0.15) is 16.3 Å². The molecule has 1 amide bonds. The van der Waals surface area contributed by atoms with Crippen LogP contribution in [-0.2, 0) is 7.05 Å². The third-order valence-electron chi connectivity index (χ3n) is 3.47. The number of fused-ring (bicyclic) bond motifs is 1. The standard InChI is InChI=1S/C16H13N5O2S2/c1-21-7-9(14(20-21)23-2)13(22)19-16-18-11(8-24-16)15-17-10-5-3-4-6-12(10)25-15/h3-8H,1-2H3,(H,18,19,22). The molecule has 0 aliphatic heterocycles. The molecule has 0 radical (unpaired) electrons. The average Bonchev–Trinajstić information content (AvgIpc) is 3.31. The zero-order valence-corrected chi connectivity index (χ0v) is 15.0. The van der Waals surface area contributed by atoms with Crippen molar-refractivity contribution >= 4 is 43.9 Å². The molecule has 1 aromatic carbocycles. The Morgan fingerprint density at radius 1 is 1.28 bits per heavy atom. The van der Waals surface area contributed by atoms with Crippen molar-refractivity contribution in [2.45, 2.75) is 0 Å². The van der Waals surface area contributed by atoms with E-state index in [1.54, 1.807) is 24.6 Å². The van der Waals surface area contributed by atoms with E-state index in [1.165, 1.54) is 23.1 Å². The highest BCUT2D eigenvalue weighted by molar-refractivity contribution is 7.22. The van der Waals surface area contributed by atoms with Gasteiger partial charge in [-0.2, -0.15) is 0 Å². The molecular weight excluding hydrogens is 358 g/mol. The second-order valence-corrected chi connectivity index (χ2v) is 7.09. The van der Waals surface area contributed by atoms with Crippen LogP contribution in [0.15, 0.2) is 35.8 Å². The second-order valence-electron chi connectivity index (χ2n) is 5.20. The predicted octanol–water partition coefficient (Wildman–Crippen LogP) is 3.41. The molecule has 126 valence electrons. The molecule has 25 heavy (non-hydrogen) atoms. The van der Waals surface area contributed by atoms with Crippen LogP contribution in [0.3, 0.4) is 0 Å². The number of nitrogens with one attached hydrogen (secondary N) is 1. The average molecular weight is 371 g/mol. The highest BCUT2D eigenvalue weighted by Gasteiger charge is 2.18. The summed E-state index contributed by atoms with van der Waals surface area (Å²) in [4.78, 5) is 21.5. The molecule has 0 saturated carbocycles. The Labute approximate surface area is 150 Å². The van der Waals surface area contributed by atoms with Crippen LogP contribution < -0.4 is 10.1 Å². The number of carbonyl (C=O) groups is 1. The van der Waals surface area contributed by atoms with E-state index in [0.717, 1.165) is 20.9 Å². The summed E-state index contributed by atoms with van der Waals surface area (Å²) >= 11 is 2.93. The molecule has 0 spiro atoms. The number of hydrogen-bond donors (Lipinski definition) is 1. The van der Waals surface area contributed by atoms with E-state index in [4.69, 9.17) is 4.74 Å². The zero-order valence-electron chi connectivity index (χ0n) is 13.4. The normalized spacial score (nSPS) is 11.0. The summed E-state index contributed by atoms with van der Waals surface area (Å²) in [5.74, 6) is -0.0295. The monoisotopic (exact) mass is 371 g/mol. The van der Waals surface area contributed by atoms with Crippen LogP contribution in [0, 0.1) is 0 Å². The summed E-state index contributed by atoms with van der Waals surface area (Å²) in [6.07, 6.45) is 1.61. The zero-order chi connectivity index (χ0) is 17.4. The van der Waals surface area contributed by atoms with Crippen molar-refractivity contribution < 1.29 is 9.53 Å². The Morgan fingerprint density at radius 3 is 2.92 bits per heavy atom. The summed E-state index contributed by atoms with van der Waals surface area (Å²) in [5.41, 5.74) is 2.06. The fourth-order valence-electron chi connectivity index (χ4n) is 2.35. The fourth-order valence-corrected chi connectivity index (χ4v) is 4.04. The number of hydrogen-bond acceptors (Lipinski definition) is 7. The Hall–Kier alpha value is -2.78. The minimum Gasteiger partial charge on any atom is -0.479 e. The molecule has 4 aromatic rings. The number of thiazole rings is 2. The van der Waals surface area contributed by atoms with Gasteiger partial charge in [-0.1, -0.05) is 12.1 Å². The fraction of sp³-hybridized carbons (Fsp3) is 0.125. The van der Waals surface area contributed by atoms with Crippen molar-refractivity contribution in [1.82, 2.24) is 19.7 Å². The Kier molecular flexibility index (Phi) is 3.94. The highest BCUT2D eigenvalue weighted by atomic mass is 32.1. The molecule has 0 aliphatic rings. The van der Waals surface area contributed by atoms with E-state index >= 15 is 0 Å². The first kappa shape index (κ1) is 15.7. The van der Waals surface area contributed by atoms with E-state index < -0.39 is 0 Å². The van der Waals surface area contributed by atoms with Crippen LogP contribution in [0.25, 0.3) is 20.9 Å². The van der Waals surface area contributed by atoms with Gasteiger partial charge in [-0.15, -0.1) is 27.8 Å². The lowest BCUT2D eigenvalue weighted by Gasteiger charge is -2.00. The van der Waals surface area contributed by atoms with Gasteiger partial charge in [-0.05, 0) is 12.1 Å². The third-order valence-corrected chi connectivity index (χ3v) is 5.29. The molecule has 7 nitrogen and oxygen atoms in total. The highest BCUT2D eigenvalue weighted by Crippen LogP contribution is 2.32. The quantitative estimate of drug-likeness (QED) is 0.594. The maximum absolute atomic E-state index is 12.4. The molecule has 0 saturated heterocycles. The maximum atomic E-state index is 12.4. The van der Waals surface area contributed by atoms with Crippen molar-refractivity contribution in [3.05, 3.63) is 41.4 Å². The molecular formula is C16H13N5O2S2. The Balaban J connectivity index is 1.57. The first-order chi connectivity index (χ1) is 12.1. The number of aryl methyl sites for hydroxylation is 1. The topological polar surface area (TPSA) is 81.9 Å².